The fourth-order valence-electron chi connectivity index (χ4n) is 4.85. The molecule has 29 heavy (non-hydrogen) atoms. The largest absolute Gasteiger partial charge is 0.494 e. The third kappa shape index (κ3) is 3.28. The molecule has 2 unspecified atom stereocenters. The zero-order valence-corrected chi connectivity index (χ0v) is 17.9. The number of allylic oxidation sites excluding steroid dienone is 3. The summed E-state index contributed by atoms with van der Waals surface area (Å²) in [7, 11) is -0.269. The predicted molar refractivity (Wildman–Crippen MR) is 120 cm³/mol. The molecule has 3 aliphatic rings. The number of benzene rings is 2. The Balaban J connectivity index is 1.40. The Morgan fingerprint density at radius 1 is 0.931 bits per heavy atom. The lowest BCUT2D eigenvalue weighted by molar-refractivity contribution is 0.00578. The molecule has 1 aliphatic carbocycles. The molecule has 2 aliphatic heterocycles. The molecule has 3 nitrogen and oxygen atoms in total. The second-order valence-corrected chi connectivity index (χ2v) is 9.70. The van der Waals surface area contributed by atoms with Crippen molar-refractivity contribution in [3.05, 3.63) is 71.2 Å². The van der Waals surface area contributed by atoms with Crippen LogP contribution < -0.4 is 5.32 Å². The SMILES string of the molecule is CC1(C)OB(C2=CCC3C(=C2)CNCC3c2ccc3ccccc3c2)OC1(C)C. The summed E-state index contributed by atoms with van der Waals surface area (Å²) < 4.78 is 12.6. The Labute approximate surface area is 174 Å². The van der Waals surface area contributed by atoms with Gasteiger partial charge in [0.2, 0.25) is 0 Å². The van der Waals surface area contributed by atoms with Gasteiger partial charge in [-0.25, -0.2) is 0 Å². The number of fused-ring (bicyclic) bond motifs is 2. The van der Waals surface area contributed by atoms with Crippen LogP contribution in [0, 0.1) is 5.92 Å². The molecule has 0 saturated carbocycles. The quantitative estimate of drug-likeness (QED) is 0.734. The van der Waals surface area contributed by atoms with Crippen LogP contribution in [0.5, 0.6) is 0 Å². The topological polar surface area (TPSA) is 30.5 Å². The molecule has 0 radical (unpaired) electrons. The van der Waals surface area contributed by atoms with E-state index in [9.17, 15) is 0 Å². The van der Waals surface area contributed by atoms with Crippen LogP contribution in [0.15, 0.2) is 65.7 Å². The second-order valence-electron chi connectivity index (χ2n) is 9.70. The highest BCUT2D eigenvalue weighted by molar-refractivity contribution is 6.55. The van der Waals surface area contributed by atoms with Gasteiger partial charge in [0.1, 0.15) is 0 Å². The lowest BCUT2D eigenvalue weighted by atomic mass is 9.67. The van der Waals surface area contributed by atoms with Crippen LogP contribution in [0.3, 0.4) is 0 Å². The van der Waals surface area contributed by atoms with E-state index in [1.807, 2.05) is 0 Å². The molecule has 2 aromatic carbocycles. The normalized spacial score (nSPS) is 28.1. The molecule has 0 aromatic heterocycles. The van der Waals surface area contributed by atoms with Gasteiger partial charge in [0.05, 0.1) is 11.2 Å². The van der Waals surface area contributed by atoms with Crippen LogP contribution in [0.2, 0.25) is 0 Å². The Morgan fingerprint density at radius 2 is 1.66 bits per heavy atom. The van der Waals surface area contributed by atoms with Gasteiger partial charge in [-0.1, -0.05) is 60.2 Å². The Morgan fingerprint density at radius 3 is 2.41 bits per heavy atom. The van der Waals surface area contributed by atoms with Crippen molar-refractivity contribution in [2.24, 2.45) is 5.92 Å². The predicted octanol–water partition coefficient (Wildman–Crippen LogP) is 5.03. The van der Waals surface area contributed by atoms with E-state index in [1.54, 1.807) is 0 Å². The summed E-state index contributed by atoms with van der Waals surface area (Å²) in [5.74, 6) is 1.04. The minimum Gasteiger partial charge on any atom is -0.399 e. The first-order chi connectivity index (χ1) is 13.8. The van der Waals surface area contributed by atoms with Crippen LogP contribution in [0.1, 0.15) is 45.6 Å². The summed E-state index contributed by atoms with van der Waals surface area (Å²) in [6.07, 6.45) is 5.72. The molecule has 4 heteroatoms. The third-order valence-electron chi connectivity index (χ3n) is 7.34. The molecule has 150 valence electrons. The third-order valence-corrected chi connectivity index (χ3v) is 7.34. The first-order valence-electron chi connectivity index (χ1n) is 10.8. The highest BCUT2D eigenvalue weighted by Gasteiger charge is 2.52. The van der Waals surface area contributed by atoms with E-state index < -0.39 is 0 Å². The number of hydrogen-bond acceptors (Lipinski definition) is 3. The van der Waals surface area contributed by atoms with E-state index in [0.717, 1.165) is 19.5 Å². The number of hydrogen-bond donors (Lipinski definition) is 1. The minimum atomic E-state index is -0.299. The van der Waals surface area contributed by atoms with Crippen molar-refractivity contribution in [3.8, 4) is 0 Å². The molecule has 2 aromatic rings. The van der Waals surface area contributed by atoms with Crippen LogP contribution in [0.25, 0.3) is 10.8 Å². The zero-order chi connectivity index (χ0) is 20.2. The maximum Gasteiger partial charge on any atom is 0.494 e. The van der Waals surface area contributed by atoms with Crippen molar-refractivity contribution < 1.29 is 9.31 Å². The molecule has 0 spiro atoms. The van der Waals surface area contributed by atoms with Gasteiger partial charge in [-0.05, 0) is 61.8 Å². The van der Waals surface area contributed by atoms with Gasteiger partial charge in [0.25, 0.3) is 0 Å². The van der Waals surface area contributed by atoms with Gasteiger partial charge in [-0.2, -0.15) is 0 Å². The fraction of sp³-hybridized carbons (Fsp3) is 0.440. The minimum absolute atomic E-state index is 0.269. The molecule has 0 amide bonds. The summed E-state index contributed by atoms with van der Waals surface area (Å²) >= 11 is 0. The van der Waals surface area contributed by atoms with E-state index >= 15 is 0 Å². The van der Waals surface area contributed by atoms with Crippen molar-refractivity contribution in [1.82, 2.24) is 5.32 Å². The smallest absolute Gasteiger partial charge is 0.399 e. The first-order valence-corrected chi connectivity index (χ1v) is 10.8. The number of rotatable bonds is 2. The van der Waals surface area contributed by atoms with Gasteiger partial charge in [0, 0.05) is 19.0 Å². The van der Waals surface area contributed by atoms with E-state index in [1.165, 1.54) is 27.4 Å². The summed E-state index contributed by atoms with van der Waals surface area (Å²) in [5.41, 5.74) is 3.48. The highest BCUT2D eigenvalue weighted by Crippen LogP contribution is 2.43. The maximum absolute atomic E-state index is 6.29. The van der Waals surface area contributed by atoms with Crippen molar-refractivity contribution >= 4 is 17.9 Å². The van der Waals surface area contributed by atoms with Crippen molar-refractivity contribution in [1.29, 1.82) is 0 Å². The first kappa shape index (κ1) is 19.1. The van der Waals surface area contributed by atoms with E-state index in [4.69, 9.17) is 9.31 Å². The van der Waals surface area contributed by atoms with Crippen molar-refractivity contribution in [2.75, 3.05) is 13.1 Å². The van der Waals surface area contributed by atoms with Gasteiger partial charge >= 0.3 is 7.12 Å². The van der Waals surface area contributed by atoms with Crippen molar-refractivity contribution in [3.63, 3.8) is 0 Å². The molecule has 0 bridgehead atoms. The zero-order valence-electron chi connectivity index (χ0n) is 17.9. The molecular formula is C25H30BNO2. The lowest BCUT2D eigenvalue weighted by Crippen LogP contribution is -2.41. The molecule has 2 atom stereocenters. The van der Waals surface area contributed by atoms with E-state index in [0.29, 0.717) is 11.8 Å². The molecule has 2 fully saturated rings. The monoisotopic (exact) mass is 387 g/mol. The average molecular weight is 387 g/mol. The second kappa shape index (κ2) is 6.83. The maximum atomic E-state index is 6.29. The average Bonchev–Trinajstić information content (AvgIpc) is 2.94. The van der Waals surface area contributed by atoms with Crippen molar-refractivity contribution in [2.45, 2.75) is 51.2 Å². The van der Waals surface area contributed by atoms with Crippen LogP contribution >= 0.6 is 0 Å². The Bertz CT molecular complexity index is 991. The van der Waals surface area contributed by atoms with Crippen LogP contribution in [0.4, 0.5) is 0 Å². The van der Waals surface area contributed by atoms with E-state index in [2.05, 4.69) is 87.6 Å². The summed E-state index contributed by atoms with van der Waals surface area (Å²) in [5, 5.41) is 6.28. The summed E-state index contributed by atoms with van der Waals surface area (Å²) in [6.45, 7) is 10.4. The van der Waals surface area contributed by atoms with Gasteiger partial charge in [-0.3, -0.25) is 0 Å². The van der Waals surface area contributed by atoms with Gasteiger partial charge in [-0.15, -0.1) is 0 Å². The molecule has 2 saturated heterocycles. The molecular weight excluding hydrogens is 357 g/mol. The Hall–Kier alpha value is -1.88. The molecule has 1 N–H and O–H groups in total. The highest BCUT2D eigenvalue weighted by atomic mass is 16.7. The summed E-state index contributed by atoms with van der Waals surface area (Å²) in [6, 6.07) is 15.6. The number of piperidine rings is 1. The van der Waals surface area contributed by atoms with Crippen LogP contribution in [-0.4, -0.2) is 31.4 Å². The number of nitrogens with one attached hydrogen (secondary N) is 1. The Kier molecular flexibility index (Phi) is 4.50. The lowest BCUT2D eigenvalue weighted by Gasteiger charge is -2.37. The van der Waals surface area contributed by atoms with Gasteiger partial charge < -0.3 is 14.6 Å². The molecule has 5 rings (SSSR count). The standard InChI is InChI=1S/C25H30BNO2/c1-24(2)25(3,4)29-26(28-24)21-11-12-22-20(14-21)15-27-16-23(22)19-10-9-17-7-5-6-8-18(17)13-19/h5-11,13-14,22-23,27H,12,15-16H2,1-4H3. The fourth-order valence-corrected chi connectivity index (χ4v) is 4.85. The van der Waals surface area contributed by atoms with E-state index in [-0.39, 0.29) is 18.3 Å². The van der Waals surface area contributed by atoms with Crippen LogP contribution in [-0.2, 0) is 9.31 Å². The van der Waals surface area contributed by atoms with Gasteiger partial charge in [0.15, 0.2) is 0 Å². The molecule has 2 heterocycles. The summed E-state index contributed by atoms with van der Waals surface area (Å²) in [4.78, 5) is 0.